The van der Waals surface area contributed by atoms with Gasteiger partial charge in [-0.1, -0.05) is 18.2 Å². The van der Waals surface area contributed by atoms with Gasteiger partial charge in [-0.15, -0.1) is 0 Å². The molecule has 4 aromatic rings. The summed E-state index contributed by atoms with van der Waals surface area (Å²) >= 11 is 0. The fourth-order valence-corrected chi connectivity index (χ4v) is 4.11. The van der Waals surface area contributed by atoms with Crippen LogP contribution >= 0.6 is 0 Å². The molecule has 0 saturated carbocycles. The molecule has 1 aliphatic heterocycles. The molecule has 0 saturated heterocycles. The smallest absolute Gasteiger partial charge is 0.290 e. The molecule has 1 atom stereocenters. The lowest BCUT2D eigenvalue weighted by Gasteiger charge is -2.26. The standard InChI is InChI=1S/C23H18N2O5/c1-13-18(15-7-2-3-8-16(15)24-13)20-19(21(26)17-9-5-11-30-17)22(27)23(28)25(20)12-14-6-4-10-29-14/h2-11,20,24,27H,12H2,1H3. The quantitative estimate of drug-likeness (QED) is 0.481. The number of para-hydroxylation sites is 1. The van der Waals surface area contributed by atoms with Crippen molar-refractivity contribution in [3.05, 3.63) is 95.2 Å². The molecule has 1 aliphatic rings. The second-order valence-electron chi connectivity index (χ2n) is 7.19. The lowest BCUT2D eigenvalue weighted by atomic mass is 9.93. The van der Waals surface area contributed by atoms with E-state index in [1.165, 1.54) is 23.5 Å². The summed E-state index contributed by atoms with van der Waals surface area (Å²) in [6.45, 7) is 1.99. The van der Waals surface area contributed by atoms with Gasteiger partial charge in [-0.05, 0) is 37.3 Å². The average molecular weight is 402 g/mol. The molecule has 0 bridgehead atoms. The number of nitrogens with zero attached hydrogens (tertiary/aromatic N) is 1. The minimum absolute atomic E-state index is 0.00522. The number of Topliss-reactive ketones (excluding diaryl/α,β-unsaturated/α-hetero) is 1. The van der Waals surface area contributed by atoms with E-state index in [9.17, 15) is 14.7 Å². The number of aromatic amines is 1. The molecule has 1 unspecified atom stereocenters. The molecular formula is C23H18N2O5. The normalized spacial score (nSPS) is 16.8. The van der Waals surface area contributed by atoms with Crippen LogP contribution in [0.15, 0.2) is 81.2 Å². The highest BCUT2D eigenvalue weighted by Crippen LogP contribution is 2.43. The molecule has 0 fully saturated rings. The Labute approximate surface area is 171 Å². The van der Waals surface area contributed by atoms with Crippen LogP contribution in [0.5, 0.6) is 0 Å². The molecule has 0 radical (unpaired) electrons. The van der Waals surface area contributed by atoms with Crippen molar-refractivity contribution in [1.82, 2.24) is 9.88 Å². The highest BCUT2D eigenvalue weighted by molar-refractivity contribution is 6.15. The van der Waals surface area contributed by atoms with Crippen LogP contribution in [0.2, 0.25) is 0 Å². The molecule has 4 heterocycles. The van der Waals surface area contributed by atoms with Gasteiger partial charge in [0.25, 0.3) is 5.91 Å². The number of nitrogens with one attached hydrogen (secondary N) is 1. The molecule has 7 heteroatoms. The minimum atomic E-state index is -0.795. The van der Waals surface area contributed by atoms with E-state index in [2.05, 4.69) is 4.98 Å². The first-order valence-corrected chi connectivity index (χ1v) is 9.48. The third-order valence-corrected chi connectivity index (χ3v) is 5.42. The van der Waals surface area contributed by atoms with Crippen molar-refractivity contribution in [3.8, 4) is 0 Å². The zero-order valence-electron chi connectivity index (χ0n) is 16.1. The van der Waals surface area contributed by atoms with Crippen LogP contribution in [0.1, 0.15) is 33.6 Å². The van der Waals surface area contributed by atoms with E-state index in [-0.39, 0.29) is 17.9 Å². The van der Waals surface area contributed by atoms with E-state index in [0.717, 1.165) is 22.2 Å². The van der Waals surface area contributed by atoms with Crippen LogP contribution in [0.4, 0.5) is 0 Å². The van der Waals surface area contributed by atoms with Gasteiger partial charge in [0, 0.05) is 22.2 Å². The lowest BCUT2D eigenvalue weighted by molar-refractivity contribution is -0.130. The Bertz CT molecular complexity index is 1280. The van der Waals surface area contributed by atoms with E-state index in [4.69, 9.17) is 8.83 Å². The maximum absolute atomic E-state index is 13.2. The second-order valence-corrected chi connectivity index (χ2v) is 7.19. The van der Waals surface area contributed by atoms with Crippen molar-refractivity contribution in [1.29, 1.82) is 0 Å². The summed E-state index contributed by atoms with van der Waals surface area (Å²) in [4.78, 5) is 31.1. The first-order valence-electron chi connectivity index (χ1n) is 9.48. The number of ketones is 1. The molecule has 2 N–H and O–H groups in total. The first-order chi connectivity index (χ1) is 14.6. The van der Waals surface area contributed by atoms with Crippen LogP contribution in [-0.4, -0.2) is 26.7 Å². The lowest BCUT2D eigenvalue weighted by Crippen LogP contribution is -2.30. The van der Waals surface area contributed by atoms with Crippen molar-refractivity contribution in [2.24, 2.45) is 0 Å². The third kappa shape index (κ3) is 2.67. The number of rotatable bonds is 5. The van der Waals surface area contributed by atoms with E-state index in [1.807, 2.05) is 31.2 Å². The Morgan fingerprint density at radius 1 is 1.10 bits per heavy atom. The number of carbonyl (C=O) groups is 2. The predicted octanol–water partition coefficient (Wildman–Crippen LogP) is 4.44. The van der Waals surface area contributed by atoms with Gasteiger partial charge in [-0.3, -0.25) is 9.59 Å². The molecule has 1 aromatic carbocycles. The van der Waals surface area contributed by atoms with E-state index in [0.29, 0.717) is 5.76 Å². The fraction of sp³-hybridized carbons (Fsp3) is 0.130. The number of benzene rings is 1. The minimum Gasteiger partial charge on any atom is -0.503 e. The molecule has 3 aromatic heterocycles. The number of aliphatic hydroxyl groups excluding tert-OH is 1. The number of hydrogen-bond donors (Lipinski definition) is 2. The maximum Gasteiger partial charge on any atom is 0.290 e. The summed E-state index contributed by atoms with van der Waals surface area (Å²) in [5.74, 6) is -1.12. The topological polar surface area (TPSA) is 99.7 Å². The third-order valence-electron chi connectivity index (χ3n) is 5.42. The summed E-state index contributed by atoms with van der Waals surface area (Å²) < 4.78 is 10.7. The zero-order valence-corrected chi connectivity index (χ0v) is 16.1. The largest absolute Gasteiger partial charge is 0.503 e. The van der Waals surface area contributed by atoms with Crippen molar-refractivity contribution in [2.75, 3.05) is 0 Å². The summed E-state index contributed by atoms with van der Waals surface area (Å²) in [5, 5.41) is 11.6. The number of carbonyl (C=O) groups excluding carboxylic acids is 2. The van der Waals surface area contributed by atoms with Gasteiger partial charge >= 0.3 is 0 Å². The number of fused-ring (bicyclic) bond motifs is 1. The number of hydrogen-bond acceptors (Lipinski definition) is 5. The first kappa shape index (κ1) is 18.1. The number of furan rings is 2. The summed E-state index contributed by atoms with van der Waals surface area (Å²) in [7, 11) is 0. The molecule has 1 amide bonds. The van der Waals surface area contributed by atoms with Crippen molar-refractivity contribution >= 4 is 22.6 Å². The second kappa shape index (κ2) is 6.81. The molecule has 5 rings (SSSR count). The van der Waals surface area contributed by atoms with Crippen molar-refractivity contribution < 1.29 is 23.5 Å². The SMILES string of the molecule is Cc1[nH]c2ccccc2c1C1C(C(=O)c2ccco2)=C(O)C(=O)N1Cc1ccco1. The molecule has 7 nitrogen and oxygen atoms in total. The van der Waals surface area contributed by atoms with Gasteiger partial charge in [0.2, 0.25) is 5.78 Å². The monoisotopic (exact) mass is 402 g/mol. The Kier molecular flexibility index (Phi) is 4.10. The number of H-pyrrole nitrogens is 1. The van der Waals surface area contributed by atoms with Crippen LogP contribution < -0.4 is 0 Å². The van der Waals surface area contributed by atoms with Gasteiger partial charge in [-0.25, -0.2) is 0 Å². The van der Waals surface area contributed by atoms with Gasteiger partial charge in [0.15, 0.2) is 11.5 Å². The number of aromatic nitrogens is 1. The van der Waals surface area contributed by atoms with Crippen LogP contribution in [0.25, 0.3) is 10.9 Å². The number of aryl methyl sites for hydroxylation is 1. The molecule has 150 valence electrons. The summed E-state index contributed by atoms with van der Waals surface area (Å²) in [6, 6.07) is 13.4. The van der Waals surface area contributed by atoms with Crippen LogP contribution in [0.3, 0.4) is 0 Å². The molecule has 0 spiro atoms. The average Bonchev–Trinajstić information content (AvgIpc) is 3.52. The number of amides is 1. The Morgan fingerprint density at radius 2 is 1.87 bits per heavy atom. The highest BCUT2D eigenvalue weighted by atomic mass is 16.3. The van der Waals surface area contributed by atoms with E-state index in [1.54, 1.807) is 18.2 Å². The molecule has 30 heavy (non-hydrogen) atoms. The molecular weight excluding hydrogens is 384 g/mol. The Hall–Kier alpha value is -4.00. The van der Waals surface area contributed by atoms with Gasteiger partial charge < -0.3 is 23.8 Å². The van der Waals surface area contributed by atoms with E-state index >= 15 is 0 Å². The fourth-order valence-electron chi connectivity index (χ4n) is 4.11. The number of aliphatic hydroxyl groups is 1. The maximum atomic E-state index is 13.2. The zero-order chi connectivity index (χ0) is 20.8. The van der Waals surface area contributed by atoms with Crippen LogP contribution in [0, 0.1) is 6.92 Å². The molecule has 0 aliphatic carbocycles. The summed E-state index contributed by atoms with van der Waals surface area (Å²) in [5.41, 5.74) is 2.43. The Balaban J connectivity index is 1.71. The highest BCUT2D eigenvalue weighted by Gasteiger charge is 2.46. The van der Waals surface area contributed by atoms with Crippen LogP contribution in [-0.2, 0) is 11.3 Å². The summed E-state index contributed by atoms with van der Waals surface area (Å²) in [6.07, 6.45) is 2.90. The van der Waals surface area contributed by atoms with Gasteiger partial charge in [-0.2, -0.15) is 0 Å². The van der Waals surface area contributed by atoms with Gasteiger partial charge in [0.05, 0.1) is 30.7 Å². The van der Waals surface area contributed by atoms with E-state index < -0.39 is 23.5 Å². The Morgan fingerprint density at radius 3 is 2.60 bits per heavy atom. The predicted molar refractivity (Wildman–Crippen MR) is 108 cm³/mol. The van der Waals surface area contributed by atoms with Crippen molar-refractivity contribution in [3.63, 3.8) is 0 Å². The van der Waals surface area contributed by atoms with Crippen molar-refractivity contribution in [2.45, 2.75) is 19.5 Å². The van der Waals surface area contributed by atoms with Gasteiger partial charge in [0.1, 0.15) is 5.76 Å².